The maximum atomic E-state index is 12.1. The molecule has 9 heteroatoms. The van der Waals surface area contributed by atoms with Crippen LogP contribution in [0.5, 0.6) is 0 Å². The van der Waals surface area contributed by atoms with E-state index in [1.807, 2.05) is 30.3 Å². The zero-order chi connectivity index (χ0) is 17.9. The van der Waals surface area contributed by atoms with Crippen LogP contribution in [0.4, 0.5) is 0 Å². The van der Waals surface area contributed by atoms with E-state index < -0.39 is 21.3 Å². The quantitative estimate of drug-likeness (QED) is 0.531. The zero-order valence-corrected chi connectivity index (χ0v) is 14.3. The van der Waals surface area contributed by atoms with Crippen LogP contribution in [0.2, 0.25) is 0 Å². The highest BCUT2D eigenvalue weighted by molar-refractivity contribution is 7.91. The van der Waals surface area contributed by atoms with Gasteiger partial charge in [0.25, 0.3) is 5.91 Å². The maximum absolute atomic E-state index is 12.1. The standard InChI is InChI=1S/C16H19N3O5S/c20-15(18-21)16(6-8-25(22,23)9-7-16)17-11-13-10-14(19-24-13)12-4-2-1-3-5-12/h1-5,10,17,21H,6-9,11H2,(H,18,20). The molecule has 1 fully saturated rings. The van der Waals surface area contributed by atoms with Crippen molar-refractivity contribution in [3.05, 3.63) is 42.2 Å². The van der Waals surface area contributed by atoms with Gasteiger partial charge in [-0.3, -0.25) is 15.3 Å². The minimum atomic E-state index is -3.15. The van der Waals surface area contributed by atoms with Gasteiger partial charge >= 0.3 is 0 Å². The first-order valence-corrected chi connectivity index (χ1v) is 9.67. The summed E-state index contributed by atoms with van der Waals surface area (Å²) in [7, 11) is -3.15. The van der Waals surface area contributed by atoms with Crippen molar-refractivity contribution < 1.29 is 22.9 Å². The molecule has 0 atom stereocenters. The van der Waals surface area contributed by atoms with Crippen molar-refractivity contribution in [2.45, 2.75) is 24.9 Å². The number of benzene rings is 1. The number of amides is 1. The predicted octanol–water partition coefficient (Wildman–Crippen LogP) is 0.884. The van der Waals surface area contributed by atoms with Crippen molar-refractivity contribution in [2.75, 3.05) is 11.5 Å². The maximum Gasteiger partial charge on any atom is 0.263 e. The number of hydroxylamine groups is 1. The van der Waals surface area contributed by atoms with E-state index >= 15 is 0 Å². The van der Waals surface area contributed by atoms with E-state index in [1.165, 1.54) is 0 Å². The molecule has 0 unspecified atom stereocenters. The van der Waals surface area contributed by atoms with E-state index in [-0.39, 0.29) is 30.9 Å². The highest BCUT2D eigenvalue weighted by Gasteiger charge is 2.43. The van der Waals surface area contributed by atoms with E-state index in [1.54, 1.807) is 11.5 Å². The molecule has 2 aromatic rings. The topological polar surface area (TPSA) is 122 Å². The summed E-state index contributed by atoms with van der Waals surface area (Å²) in [5.41, 5.74) is 2.05. The number of nitrogens with one attached hydrogen (secondary N) is 2. The van der Waals surface area contributed by atoms with Gasteiger partial charge in [-0.1, -0.05) is 35.5 Å². The fourth-order valence-electron chi connectivity index (χ4n) is 2.88. The van der Waals surface area contributed by atoms with Crippen LogP contribution in [-0.4, -0.2) is 41.7 Å². The van der Waals surface area contributed by atoms with Gasteiger partial charge in [-0.05, 0) is 12.8 Å². The van der Waals surface area contributed by atoms with Gasteiger partial charge in [0, 0.05) is 11.6 Å². The minimum Gasteiger partial charge on any atom is -0.359 e. The minimum absolute atomic E-state index is 0.0847. The highest BCUT2D eigenvalue weighted by atomic mass is 32.2. The third kappa shape index (κ3) is 3.89. The molecule has 0 bridgehead atoms. The molecule has 134 valence electrons. The number of hydrogen-bond donors (Lipinski definition) is 3. The Labute approximate surface area is 145 Å². The summed E-state index contributed by atoms with van der Waals surface area (Å²) in [6, 6.07) is 11.3. The number of hydrogen-bond acceptors (Lipinski definition) is 7. The summed E-state index contributed by atoms with van der Waals surface area (Å²) in [4.78, 5) is 12.1. The average Bonchev–Trinajstić information content (AvgIpc) is 3.10. The summed E-state index contributed by atoms with van der Waals surface area (Å²) in [6.07, 6.45) is 0.169. The molecule has 3 rings (SSSR count). The first-order chi connectivity index (χ1) is 11.9. The second-order valence-electron chi connectivity index (χ2n) is 6.07. The number of sulfone groups is 1. The molecule has 8 nitrogen and oxygen atoms in total. The summed E-state index contributed by atoms with van der Waals surface area (Å²) >= 11 is 0. The summed E-state index contributed by atoms with van der Waals surface area (Å²) in [5.74, 6) is -0.361. The number of nitrogens with zero attached hydrogens (tertiary/aromatic N) is 1. The van der Waals surface area contributed by atoms with Crippen LogP contribution < -0.4 is 10.8 Å². The third-order valence-electron chi connectivity index (χ3n) is 4.45. The summed E-state index contributed by atoms with van der Waals surface area (Å²) in [5, 5.41) is 16.0. The van der Waals surface area contributed by atoms with E-state index in [2.05, 4.69) is 10.5 Å². The molecular weight excluding hydrogens is 346 g/mol. The van der Waals surface area contributed by atoms with Gasteiger partial charge < -0.3 is 4.52 Å². The fraction of sp³-hybridized carbons (Fsp3) is 0.375. The molecule has 1 aromatic carbocycles. The molecule has 0 radical (unpaired) electrons. The van der Waals surface area contributed by atoms with E-state index in [0.29, 0.717) is 11.5 Å². The van der Waals surface area contributed by atoms with Gasteiger partial charge in [-0.25, -0.2) is 13.9 Å². The Hall–Kier alpha value is -2.23. The Morgan fingerprint density at radius 1 is 1.24 bits per heavy atom. The first kappa shape index (κ1) is 17.6. The number of aromatic nitrogens is 1. The van der Waals surface area contributed by atoms with Crippen molar-refractivity contribution in [3.63, 3.8) is 0 Å². The predicted molar refractivity (Wildman–Crippen MR) is 89.3 cm³/mol. The molecule has 25 heavy (non-hydrogen) atoms. The molecular formula is C16H19N3O5S. The van der Waals surface area contributed by atoms with E-state index in [4.69, 9.17) is 9.73 Å². The third-order valence-corrected chi connectivity index (χ3v) is 6.10. The van der Waals surface area contributed by atoms with E-state index in [9.17, 15) is 13.2 Å². The van der Waals surface area contributed by atoms with Crippen LogP contribution >= 0.6 is 0 Å². The van der Waals surface area contributed by atoms with Gasteiger partial charge in [0.2, 0.25) is 0 Å². The molecule has 1 aliphatic rings. The van der Waals surface area contributed by atoms with E-state index in [0.717, 1.165) is 5.56 Å². The molecule has 1 saturated heterocycles. The number of rotatable bonds is 5. The van der Waals surface area contributed by atoms with Crippen molar-refractivity contribution in [1.29, 1.82) is 0 Å². The van der Waals surface area contributed by atoms with Crippen molar-refractivity contribution in [2.24, 2.45) is 0 Å². The highest BCUT2D eigenvalue weighted by Crippen LogP contribution is 2.25. The van der Waals surface area contributed by atoms with Gasteiger partial charge in [0.05, 0.1) is 18.1 Å². The lowest BCUT2D eigenvalue weighted by molar-refractivity contribution is -0.136. The van der Waals surface area contributed by atoms with Crippen molar-refractivity contribution in [3.8, 4) is 11.3 Å². The van der Waals surface area contributed by atoms with Gasteiger partial charge in [-0.15, -0.1) is 0 Å². The monoisotopic (exact) mass is 365 g/mol. The molecule has 1 amide bonds. The Kier molecular flexibility index (Phi) is 4.89. The lowest BCUT2D eigenvalue weighted by Gasteiger charge is -2.35. The first-order valence-electron chi connectivity index (χ1n) is 7.85. The average molecular weight is 365 g/mol. The van der Waals surface area contributed by atoms with Crippen molar-refractivity contribution in [1.82, 2.24) is 16.0 Å². The van der Waals surface area contributed by atoms with Crippen LogP contribution in [0.3, 0.4) is 0 Å². The Morgan fingerprint density at radius 3 is 2.56 bits per heavy atom. The molecule has 1 aromatic heterocycles. The lowest BCUT2D eigenvalue weighted by Crippen LogP contribution is -2.59. The molecule has 2 heterocycles. The lowest BCUT2D eigenvalue weighted by atomic mass is 9.91. The second kappa shape index (κ2) is 6.95. The number of carbonyl (C=O) groups excluding carboxylic acids is 1. The van der Waals surface area contributed by atoms with Crippen LogP contribution in [0.1, 0.15) is 18.6 Å². The van der Waals surface area contributed by atoms with Gasteiger partial charge in [0.1, 0.15) is 21.1 Å². The molecule has 0 saturated carbocycles. The molecule has 1 aliphatic heterocycles. The Balaban J connectivity index is 1.72. The Bertz CT molecular complexity index is 834. The molecule has 3 N–H and O–H groups in total. The van der Waals surface area contributed by atoms with Gasteiger partial charge in [0.15, 0.2) is 5.76 Å². The van der Waals surface area contributed by atoms with Crippen LogP contribution in [-0.2, 0) is 21.2 Å². The van der Waals surface area contributed by atoms with Crippen molar-refractivity contribution >= 4 is 15.7 Å². The van der Waals surface area contributed by atoms with Crippen LogP contribution in [0, 0.1) is 0 Å². The zero-order valence-electron chi connectivity index (χ0n) is 13.4. The van der Waals surface area contributed by atoms with Crippen LogP contribution in [0.15, 0.2) is 40.9 Å². The Morgan fingerprint density at radius 2 is 1.92 bits per heavy atom. The largest absolute Gasteiger partial charge is 0.359 e. The fourth-order valence-corrected chi connectivity index (χ4v) is 4.40. The summed E-state index contributed by atoms with van der Waals surface area (Å²) < 4.78 is 28.6. The summed E-state index contributed by atoms with van der Waals surface area (Å²) in [6.45, 7) is 0.188. The number of carbonyl (C=O) groups is 1. The molecule has 0 aliphatic carbocycles. The van der Waals surface area contributed by atoms with Crippen LogP contribution in [0.25, 0.3) is 11.3 Å². The van der Waals surface area contributed by atoms with Gasteiger partial charge in [-0.2, -0.15) is 0 Å². The second-order valence-corrected chi connectivity index (χ2v) is 8.38. The normalized spacial score (nSPS) is 18.6. The molecule has 0 spiro atoms. The smallest absolute Gasteiger partial charge is 0.263 e. The SMILES string of the molecule is O=C(NO)C1(NCc2cc(-c3ccccc3)no2)CCS(=O)(=O)CC1.